The van der Waals surface area contributed by atoms with Crippen LogP contribution in [0.15, 0.2) is 17.5 Å². The summed E-state index contributed by atoms with van der Waals surface area (Å²) in [6.45, 7) is 1.85. The molecule has 0 radical (unpaired) electrons. The molecule has 0 aromatic carbocycles. The molecule has 110 valence electrons. The Kier molecular flexibility index (Phi) is 4.20. The van der Waals surface area contributed by atoms with Crippen molar-refractivity contribution in [3.8, 4) is 0 Å². The van der Waals surface area contributed by atoms with Gasteiger partial charge in [0.25, 0.3) is 0 Å². The standard InChI is InChI=1S/C15H14Cl2N2OS/c1-8-7-12(16)18-14(17)13(8)19-15(20)10-3-2-4-11-9(10)5-6-21-11/h5-7,10H,2-4H2,1H3,(H,19,20). The van der Waals surface area contributed by atoms with Gasteiger partial charge in [-0.1, -0.05) is 23.2 Å². The van der Waals surface area contributed by atoms with Gasteiger partial charge in [-0.25, -0.2) is 4.98 Å². The van der Waals surface area contributed by atoms with Crippen LogP contribution in [-0.4, -0.2) is 10.9 Å². The first-order valence-electron chi connectivity index (χ1n) is 6.76. The SMILES string of the molecule is Cc1cc(Cl)nc(Cl)c1NC(=O)C1CCCc2sccc21. The fourth-order valence-electron chi connectivity index (χ4n) is 2.71. The van der Waals surface area contributed by atoms with Crippen LogP contribution in [0.5, 0.6) is 0 Å². The van der Waals surface area contributed by atoms with Crippen LogP contribution in [0, 0.1) is 6.92 Å². The maximum absolute atomic E-state index is 12.6. The predicted octanol–water partition coefficient (Wildman–Crippen LogP) is 4.82. The molecule has 2 aromatic heterocycles. The van der Waals surface area contributed by atoms with Crippen LogP contribution in [0.2, 0.25) is 10.3 Å². The summed E-state index contributed by atoms with van der Waals surface area (Å²) in [5.41, 5.74) is 2.52. The van der Waals surface area contributed by atoms with Crippen molar-refractivity contribution in [2.24, 2.45) is 0 Å². The summed E-state index contributed by atoms with van der Waals surface area (Å²) in [7, 11) is 0. The lowest BCUT2D eigenvalue weighted by atomic mass is 9.87. The number of nitrogens with one attached hydrogen (secondary N) is 1. The van der Waals surface area contributed by atoms with Crippen LogP contribution >= 0.6 is 34.5 Å². The number of amides is 1. The highest BCUT2D eigenvalue weighted by atomic mass is 35.5. The average molecular weight is 341 g/mol. The fourth-order valence-corrected chi connectivity index (χ4v) is 4.28. The van der Waals surface area contributed by atoms with Crippen molar-refractivity contribution in [1.29, 1.82) is 0 Å². The van der Waals surface area contributed by atoms with E-state index in [4.69, 9.17) is 23.2 Å². The third kappa shape index (κ3) is 2.93. The first kappa shape index (κ1) is 14.8. The number of nitrogens with zero attached hydrogens (tertiary/aromatic N) is 1. The van der Waals surface area contributed by atoms with Crippen molar-refractivity contribution in [3.63, 3.8) is 0 Å². The van der Waals surface area contributed by atoms with Gasteiger partial charge in [0.05, 0.1) is 11.6 Å². The second kappa shape index (κ2) is 5.95. The second-order valence-corrected chi connectivity index (χ2v) is 6.91. The Morgan fingerprint density at radius 1 is 1.48 bits per heavy atom. The van der Waals surface area contributed by atoms with Gasteiger partial charge < -0.3 is 5.32 Å². The minimum atomic E-state index is -0.105. The molecule has 0 saturated carbocycles. The van der Waals surface area contributed by atoms with Gasteiger partial charge >= 0.3 is 0 Å². The van der Waals surface area contributed by atoms with Gasteiger partial charge in [0.2, 0.25) is 5.91 Å². The van der Waals surface area contributed by atoms with E-state index < -0.39 is 0 Å². The van der Waals surface area contributed by atoms with E-state index in [1.807, 2.05) is 6.92 Å². The maximum Gasteiger partial charge on any atom is 0.232 e. The normalized spacial score (nSPS) is 17.4. The number of hydrogen-bond donors (Lipinski definition) is 1. The van der Waals surface area contributed by atoms with Crippen LogP contribution in [0.4, 0.5) is 5.69 Å². The molecule has 2 aromatic rings. The number of fused-ring (bicyclic) bond motifs is 1. The third-order valence-electron chi connectivity index (χ3n) is 3.76. The molecule has 3 nitrogen and oxygen atoms in total. The summed E-state index contributed by atoms with van der Waals surface area (Å²) in [5, 5.41) is 5.53. The van der Waals surface area contributed by atoms with Crippen LogP contribution in [0.3, 0.4) is 0 Å². The molecule has 1 N–H and O–H groups in total. The Bertz CT molecular complexity index is 676. The van der Waals surface area contributed by atoms with Crippen molar-refractivity contribution < 1.29 is 4.79 Å². The summed E-state index contributed by atoms with van der Waals surface area (Å²) >= 11 is 13.7. The van der Waals surface area contributed by atoms with Gasteiger partial charge in [0.1, 0.15) is 5.15 Å². The average Bonchev–Trinajstić information content (AvgIpc) is 2.90. The quantitative estimate of drug-likeness (QED) is 0.796. The summed E-state index contributed by atoms with van der Waals surface area (Å²) in [4.78, 5) is 17.9. The molecule has 0 spiro atoms. The molecule has 1 amide bonds. The minimum absolute atomic E-state index is 0.0246. The summed E-state index contributed by atoms with van der Waals surface area (Å²) in [6.07, 6.45) is 2.98. The molecule has 3 rings (SSSR count). The Labute approximate surface area is 137 Å². The van der Waals surface area contributed by atoms with Gasteiger partial charge in [-0.3, -0.25) is 4.79 Å². The van der Waals surface area contributed by atoms with Gasteiger partial charge in [0, 0.05) is 4.88 Å². The van der Waals surface area contributed by atoms with Crippen molar-refractivity contribution in [3.05, 3.63) is 43.8 Å². The maximum atomic E-state index is 12.6. The Hall–Kier alpha value is -1.10. The van der Waals surface area contributed by atoms with Crippen LogP contribution in [-0.2, 0) is 11.2 Å². The van der Waals surface area contributed by atoms with E-state index in [0.29, 0.717) is 10.8 Å². The molecule has 0 saturated heterocycles. The highest BCUT2D eigenvalue weighted by Gasteiger charge is 2.28. The number of anilines is 1. The van der Waals surface area contributed by atoms with Gasteiger partial charge in [-0.15, -0.1) is 11.3 Å². The number of hydrogen-bond acceptors (Lipinski definition) is 3. The van der Waals surface area contributed by atoms with E-state index in [1.54, 1.807) is 17.4 Å². The highest BCUT2D eigenvalue weighted by Crippen LogP contribution is 2.36. The number of thiophene rings is 1. The molecule has 2 heterocycles. The van der Waals surface area contributed by atoms with E-state index >= 15 is 0 Å². The van der Waals surface area contributed by atoms with E-state index in [-0.39, 0.29) is 17.0 Å². The highest BCUT2D eigenvalue weighted by molar-refractivity contribution is 7.10. The zero-order valence-corrected chi connectivity index (χ0v) is 13.8. The Morgan fingerprint density at radius 3 is 3.05 bits per heavy atom. The molecule has 6 heteroatoms. The number of aryl methyl sites for hydroxylation is 2. The topological polar surface area (TPSA) is 42.0 Å². The molecule has 1 aliphatic carbocycles. The monoisotopic (exact) mass is 340 g/mol. The largest absolute Gasteiger partial charge is 0.323 e. The van der Waals surface area contributed by atoms with Crippen molar-refractivity contribution >= 4 is 46.1 Å². The zero-order chi connectivity index (χ0) is 15.0. The number of pyridine rings is 1. The van der Waals surface area contributed by atoms with Crippen molar-refractivity contribution in [2.45, 2.75) is 32.1 Å². The van der Waals surface area contributed by atoms with Gasteiger partial charge in [-0.2, -0.15) is 0 Å². The number of carbonyl (C=O) groups is 1. The molecular formula is C15H14Cl2N2OS. The van der Waals surface area contributed by atoms with E-state index in [2.05, 4.69) is 21.7 Å². The first-order chi connectivity index (χ1) is 10.1. The Balaban J connectivity index is 1.86. The van der Waals surface area contributed by atoms with Crippen molar-refractivity contribution in [1.82, 2.24) is 4.98 Å². The van der Waals surface area contributed by atoms with Crippen LogP contribution in [0.1, 0.15) is 34.8 Å². The number of aromatic nitrogens is 1. The summed E-state index contributed by atoms with van der Waals surface area (Å²) < 4.78 is 0. The molecule has 1 atom stereocenters. The van der Waals surface area contributed by atoms with E-state index in [9.17, 15) is 4.79 Å². The first-order valence-corrected chi connectivity index (χ1v) is 8.39. The summed E-state index contributed by atoms with van der Waals surface area (Å²) in [6, 6.07) is 3.75. The summed E-state index contributed by atoms with van der Waals surface area (Å²) in [5.74, 6) is -0.130. The smallest absolute Gasteiger partial charge is 0.232 e. The molecule has 0 fully saturated rings. The van der Waals surface area contributed by atoms with Crippen LogP contribution < -0.4 is 5.32 Å². The number of halogens is 2. The van der Waals surface area contributed by atoms with Crippen molar-refractivity contribution in [2.75, 3.05) is 5.32 Å². The second-order valence-electron chi connectivity index (χ2n) is 5.16. The predicted molar refractivity (Wildman–Crippen MR) is 87.6 cm³/mol. The molecule has 0 bridgehead atoms. The zero-order valence-electron chi connectivity index (χ0n) is 11.5. The fraction of sp³-hybridized carbons (Fsp3) is 0.333. The molecule has 0 aliphatic heterocycles. The van der Waals surface area contributed by atoms with E-state index in [1.165, 1.54) is 4.88 Å². The Morgan fingerprint density at radius 2 is 2.29 bits per heavy atom. The lowest BCUT2D eigenvalue weighted by molar-refractivity contribution is -0.117. The lowest BCUT2D eigenvalue weighted by Gasteiger charge is -2.22. The molecule has 21 heavy (non-hydrogen) atoms. The minimum Gasteiger partial charge on any atom is -0.323 e. The number of rotatable bonds is 2. The lowest BCUT2D eigenvalue weighted by Crippen LogP contribution is -2.24. The molecule has 1 aliphatic rings. The molecule has 1 unspecified atom stereocenters. The third-order valence-corrected chi connectivity index (χ3v) is 5.22. The van der Waals surface area contributed by atoms with Crippen LogP contribution in [0.25, 0.3) is 0 Å². The number of carbonyl (C=O) groups excluding carboxylic acids is 1. The van der Waals surface area contributed by atoms with E-state index in [0.717, 1.165) is 30.4 Å². The van der Waals surface area contributed by atoms with Gasteiger partial charge in [0.15, 0.2) is 5.15 Å². The molecular weight excluding hydrogens is 327 g/mol. The van der Waals surface area contributed by atoms with Gasteiger partial charge in [-0.05, 0) is 54.8 Å².